The van der Waals surface area contributed by atoms with Gasteiger partial charge in [-0.2, -0.15) is 4.98 Å². The van der Waals surface area contributed by atoms with Crippen molar-refractivity contribution in [3.63, 3.8) is 0 Å². The molecule has 1 aliphatic heterocycles. The first-order chi connectivity index (χ1) is 8.90. The van der Waals surface area contributed by atoms with Gasteiger partial charge >= 0.3 is 0 Å². The Labute approximate surface area is 102 Å². The Morgan fingerprint density at radius 3 is 3.25 bits per heavy atom. The number of halogens is 1. The average Bonchev–Trinajstić information content (AvgIpc) is 2.60. The maximum Gasteiger partial charge on any atom is 0.243 e. The van der Waals surface area contributed by atoms with Crippen molar-refractivity contribution in [3.05, 3.63) is 23.6 Å². The highest BCUT2D eigenvalue weighted by molar-refractivity contribution is 6.28. The van der Waals surface area contributed by atoms with Gasteiger partial charge in [0, 0.05) is 20.1 Å². The molecular formula is C10H11ClN4O. The van der Waals surface area contributed by atoms with Gasteiger partial charge in [0.25, 0.3) is 0 Å². The van der Waals surface area contributed by atoms with E-state index in [0.29, 0.717) is 18.7 Å². The quantitative estimate of drug-likeness (QED) is 0.793. The van der Waals surface area contributed by atoms with E-state index in [9.17, 15) is 0 Å². The van der Waals surface area contributed by atoms with Crippen LogP contribution in [0.25, 0.3) is 5.65 Å². The van der Waals surface area contributed by atoms with Gasteiger partial charge in [-0.15, -0.1) is 5.10 Å². The summed E-state index contributed by atoms with van der Waals surface area (Å²) in [6.07, 6.45) is 1.54. The topological polar surface area (TPSA) is 42.7 Å². The van der Waals surface area contributed by atoms with Crippen molar-refractivity contribution < 1.29 is 8.85 Å². The number of hydrogen-bond donors (Lipinski definition) is 0. The van der Waals surface area contributed by atoms with Crippen molar-refractivity contribution >= 4 is 22.9 Å². The summed E-state index contributed by atoms with van der Waals surface area (Å²) in [5, 5.41) is 4.21. The summed E-state index contributed by atoms with van der Waals surface area (Å²) in [5.74, 6) is 0. The highest BCUT2D eigenvalue weighted by Gasteiger charge is 2.26. The predicted octanol–water partition coefficient (Wildman–Crippen LogP) is 1.22. The van der Waals surface area contributed by atoms with Crippen molar-refractivity contribution in [1.82, 2.24) is 14.6 Å². The number of methoxy groups -OCH3 is 1. The first kappa shape index (κ1) is 7.09. The Kier molecular flexibility index (Phi) is 1.60. The van der Waals surface area contributed by atoms with Gasteiger partial charge in [-0.05, 0) is 23.7 Å². The SMILES string of the molecule is [2H]C([2H])([2H])OC1CN(c2ccc3nc(Cl)nn3c2)C1. The van der Waals surface area contributed by atoms with E-state index in [1.807, 2.05) is 17.0 Å². The van der Waals surface area contributed by atoms with E-state index < -0.39 is 7.04 Å². The van der Waals surface area contributed by atoms with Crippen LogP contribution in [0.5, 0.6) is 0 Å². The van der Waals surface area contributed by atoms with Crippen LogP contribution in [0.1, 0.15) is 4.11 Å². The second-order valence-corrected chi connectivity index (χ2v) is 4.05. The molecule has 5 nitrogen and oxygen atoms in total. The lowest BCUT2D eigenvalue weighted by Crippen LogP contribution is -2.51. The van der Waals surface area contributed by atoms with E-state index in [1.165, 1.54) is 0 Å². The van der Waals surface area contributed by atoms with E-state index in [4.69, 9.17) is 20.5 Å². The lowest BCUT2D eigenvalue weighted by molar-refractivity contribution is 0.0787. The maximum absolute atomic E-state index is 7.04. The zero-order chi connectivity index (χ0) is 13.6. The normalized spacial score (nSPS) is 20.3. The molecule has 0 atom stereocenters. The Morgan fingerprint density at radius 2 is 2.44 bits per heavy atom. The number of hydrogen-bond acceptors (Lipinski definition) is 4. The molecule has 3 rings (SSSR count). The minimum absolute atomic E-state index is 0.198. The molecule has 0 radical (unpaired) electrons. The van der Waals surface area contributed by atoms with Crippen molar-refractivity contribution in [1.29, 1.82) is 0 Å². The van der Waals surface area contributed by atoms with Gasteiger partial charge in [-0.1, -0.05) is 0 Å². The number of nitrogens with zero attached hydrogens (tertiary/aromatic N) is 4. The highest BCUT2D eigenvalue weighted by atomic mass is 35.5. The van der Waals surface area contributed by atoms with E-state index >= 15 is 0 Å². The smallest absolute Gasteiger partial charge is 0.243 e. The molecule has 16 heavy (non-hydrogen) atoms. The van der Waals surface area contributed by atoms with Crippen LogP contribution in [0.15, 0.2) is 18.3 Å². The minimum atomic E-state index is -2.33. The Morgan fingerprint density at radius 1 is 1.56 bits per heavy atom. The summed E-state index contributed by atoms with van der Waals surface area (Å²) in [7, 11) is -2.33. The van der Waals surface area contributed by atoms with E-state index in [2.05, 4.69) is 10.1 Å². The number of aromatic nitrogens is 3. The van der Waals surface area contributed by atoms with Gasteiger partial charge < -0.3 is 9.64 Å². The first-order valence-electron chi connectivity index (χ1n) is 6.35. The molecule has 0 aromatic carbocycles. The van der Waals surface area contributed by atoms with Crippen LogP contribution in [0.4, 0.5) is 5.69 Å². The zero-order valence-corrected chi connectivity index (χ0v) is 9.05. The largest absolute Gasteiger partial charge is 0.378 e. The number of ether oxygens (including phenoxy) is 1. The maximum atomic E-state index is 7.04. The fourth-order valence-corrected chi connectivity index (χ4v) is 1.92. The van der Waals surface area contributed by atoms with Crippen LogP contribution in [0.2, 0.25) is 5.28 Å². The van der Waals surface area contributed by atoms with Crippen LogP contribution >= 0.6 is 11.6 Å². The summed E-state index contributed by atoms with van der Waals surface area (Å²) < 4.78 is 27.6. The third-order valence-electron chi connectivity index (χ3n) is 2.67. The number of fused-ring (bicyclic) bond motifs is 1. The number of pyridine rings is 1. The number of anilines is 1. The molecular weight excluding hydrogens is 228 g/mol. The highest BCUT2D eigenvalue weighted by Crippen LogP contribution is 2.22. The Bertz CT molecular complexity index is 608. The molecule has 0 aliphatic carbocycles. The van der Waals surface area contributed by atoms with Crippen LogP contribution in [-0.4, -0.2) is 40.8 Å². The lowest BCUT2D eigenvalue weighted by Gasteiger charge is -2.39. The average molecular weight is 242 g/mol. The number of rotatable bonds is 2. The van der Waals surface area contributed by atoms with Gasteiger partial charge in [-0.25, -0.2) is 4.52 Å². The van der Waals surface area contributed by atoms with Crippen molar-refractivity contribution in [2.24, 2.45) is 0 Å². The second kappa shape index (κ2) is 3.61. The van der Waals surface area contributed by atoms with E-state index in [0.717, 1.165) is 5.69 Å². The lowest BCUT2D eigenvalue weighted by atomic mass is 10.1. The van der Waals surface area contributed by atoms with Gasteiger partial charge in [0.1, 0.15) is 0 Å². The third kappa shape index (κ3) is 1.52. The van der Waals surface area contributed by atoms with Crippen molar-refractivity contribution in [2.75, 3.05) is 25.0 Å². The molecule has 0 N–H and O–H groups in total. The fourth-order valence-electron chi connectivity index (χ4n) is 1.76. The molecule has 2 aromatic rings. The molecule has 2 aromatic heterocycles. The molecule has 1 fully saturated rings. The molecule has 3 heterocycles. The van der Waals surface area contributed by atoms with Crippen LogP contribution < -0.4 is 4.90 Å². The molecule has 0 spiro atoms. The third-order valence-corrected chi connectivity index (χ3v) is 2.83. The van der Waals surface area contributed by atoms with Gasteiger partial charge in [0.05, 0.1) is 22.1 Å². The van der Waals surface area contributed by atoms with Crippen LogP contribution in [0, 0.1) is 0 Å². The van der Waals surface area contributed by atoms with Crippen LogP contribution in [0.3, 0.4) is 0 Å². The summed E-state index contributed by atoms with van der Waals surface area (Å²) >= 11 is 5.72. The van der Waals surface area contributed by atoms with E-state index in [1.54, 1.807) is 10.7 Å². The summed E-state index contributed by atoms with van der Waals surface area (Å²) in [6, 6.07) is 3.71. The summed E-state index contributed by atoms with van der Waals surface area (Å²) in [6.45, 7) is 1.10. The molecule has 0 bridgehead atoms. The zero-order valence-electron chi connectivity index (χ0n) is 11.3. The predicted molar refractivity (Wildman–Crippen MR) is 61.0 cm³/mol. The molecule has 6 heteroatoms. The molecule has 0 amide bonds. The fraction of sp³-hybridized carbons (Fsp3) is 0.400. The van der Waals surface area contributed by atoms with Gasteiger partial charge in [0.15, 0.2) is 5.65 Å². The monoisotopic (exact) mass is 241 g/mol. The van der Waals surface area contributed by atoms with E-state index in [-0.39, 0.29) is 11.4 Å². The van der Waals surface area contributed by atoms with Crippen molar-refractivity contribution in [2.45, 2.75) is 6.10 Å². The van der Waals surface area contributed by atoms with Gasteiger partial charge in [-0.3, -0.25) is 0 Å². The Hall–Kier alpha value is -1.33. The standard InChI is InChI=1S/C10H11ClN4O/c1-16-8-5-14(6-8)7-2-3-9-12-10(11)13-15(9)4-7/h2-4,8H,5-6H2,1H3/i1D3. The molecule has 1 saturated heterocycles. The van der Waals surface area contributed by atoms with Crippen molar-refractivity contribution in [3.8, 4) is 0 Å². The molecule has 84 valence electrons. The van der Waals surface area contributed by atoms with Gasteiger partial charge in [0.2, 0.25) is 5.28 Å². The summed E-state index contributed by atoms with van der Waals surface area (Å²) in [4.78, 5) is 6.03. The van der Waals surface area contributed by atoms with Crippen LogP contribution in [-0.2, 0) is 4.74 Å². The molecule has 0 saturated carbocycles. The minimum Gasteiger partial charge on any atom is -0.378 e. The Balaban J connectivity index is 1.70. The first-order valence-corrected chi connectivity index (χ1v) is 5.23. The summed E-state index contributed by atoms with van der Waals surface area (Å²) in [5.41, 5.74) is 1.60. The second-order valence-electron chi connectivity index (χ2n) is 3.72. The molecule has 1 aliphatic rings. The molecule has 0 unspecified atom stereocenters.